The Labute approximate surface area is 120 Å². The lowest BCUT2D eigenvalue weighted by molar-refractivity contribution is 0.356. The second kappa shape index (κ2) is 6.44. The molecule has 1 N–H and O–H groups in total. The van der Waals surface area contributed by atoms with Crippen molar-refractivity contribution in [1.82, 2.24) is 5.32 Å². The second-order valence-corrected chi connectivity index (χ2v) is 4.72. The van der Waals surface area contributed by atoms with Gasteiger partial charge in [-0.05, 0) is 42.8 Å². The molecular formula is C17H21NO2. The van der Waals surface area contributed by atoms with Crippen LogP contribution in [0.15, 0.2) is 36.4 Å². The van der Waals surface area contributed by atoms with Crippen LogP contribution in [-0.2, 0) is 6.54 Å². The fraction of sp³-hybridized carbons (Fsp3) is 0.294. The molecule has 0 aliphatic heterocycles. The van der Waals surface area contributed by atoms with Gasteiger partial charge in [0, 0.05) is 12.1 Å². The zero-order valence-electron chi connectivity index (χ0n) is 12.5. The molecule has 3 nitrogen and oxygen atoms in total. The van der Waals surface area contributed by atoms with Crippen molar-refractivity contribution in [3.63, 3.8) is 0 Å². The Morgan fingerprint density at radius 3 is 2.45 bits per heavy atom. The fourth-order valence-electron chi connectivity index (χ4n) is 2.37. The monoisotopic (exact) mass is 271 g/mol. The topological polar surface area (TPSA) is 30.5 Å². The average Bonchev–Trinajstić information content (AvgIpc) is 2.48. The van der Waals surface area contributed by atoms with E-state index in [4.69, 9.17) is 9.47 Å². The molecule has 3 heteroatoms. The number of nitrogens with one attached hydrogen (secondary N) is 1. The van der Waals surface area contributed by atoms with Gasteiger partial charge in [0.15, 0.2) is 11.5 Å². The number of ether oxygens (including phenoxy) is 2. The summed E-state index contributed by atoms with van der Waals surface area (Å²) in [6, 6.07) is 12.4. The zero-order chi connectivity index (χ0) is 14.5. The number of rotatable bonds is 5. The lowest BCUT2D eigenvalue weighted by atomic mass is 9.97. The van der Waals surface area contributed by atoms with E-state index >= 15 is 0 Å². The van der Waals surface area contributed by atoms with Gasteiger partial charge in [0.1, 0.15) is 0 Å². The van der Waals surface area contributed by atoms with Crippen LogP contribution in [0, 0.1) is 6.92 Å². The van der Waals surface area contributed by atoms with Crippen LogP contribution in [0.3, 0.4) is 0 Å². The highest BCUT2D eigenvalue weighted by molar-refractivity contribution is 5.76. The number of para-hydroxylation sites is 1. The SMILES string of the molecule is CNCc1ccc(C)c(-c2cccc(OC)c2OC)c1. The van der Waals surface area contributed by atoms with E-state index in [1.807, 2.05) is 19.2 Å². The van der Waals surface area contributed by atoms with E-state index < -0.39 is 0 Å². The third kappa shape index (κ3) is 2.78. The molecule has 0 atom stereocenters. The molecule has 0 heterocycles. The summed E-state index contributed by atoms with van der Waals surface area (Å²) in [5.74, 6) is 1.53. The average molecular weight is 271 g/mol. The molecule has 0 spiro atoms. The number of hydrogen-bond donors (Lipinski definition) is 1. The summed E-state index contributed by atoms with van der Waals surface area (Å²) >= 11 is 0. The predicted molar refractivity (Wildman–Crippen MR) is 82.5 cm³/mol. The Morgan fingerprint density at radius 2 is 1.80 bits per heavy atom. The van der Waals surface area contributed by atoms with E-state index in [1.165, 1.54) is 16.7 Å². The van der Waals surface area contributed by atoms with Gasteiger partial charge < -0.3 is 14.8 Å². The van der Waals surface area contributed by atoms with Crippen LogP contribution < -0.4 is 14.8 Å². The molecule has 0 unspecified atom stereocenters. The smallest absolute Gasteiger partial charge is 0.168 e. The maximum absolute atomic E-state index is 5.54. The first-order chi connectivity index (χ1) is 9.71. The van der Waals surface area contributed by atoms with E-state index in [1.54, 1.807) is 14.2 Å². The minimum atomic E-state index is 0.753. The summed E-state index contributed by atoms with van der Waals surface area (Å²) in [6.45, 7) is 2.96. The Morgan fingerprint density at radius 1 is 1.00 bits per heavy atom. The van der Waals surface area contributed by atoms with Crippen molar-refractivity contribution in [3.8, 4) is 22.6 Å². The normalized spacial score (nSPS) is 10.4. The molecule has 2 aromatic carbocycles. The maximum Gasteiger partial charge on any atom is 0.168 e. The Hall–Kier alpha value is -2.00. The number of aryl methyl sites for hydroxylation is 1. The molecule has 0 fully saturated rings. The number of benzene rings is 2. The van der Waals surface area contributed by atoms with E-state index in [0.717, 1.165) is 23.6 Å². The Bertz CT molecular complexity index is 594. The lowest BCUT2D eigenvalue weighted by Gasteiger charge is -2.15. The van der Waals surface area contributed by atoms with Crippen molar-refractivity contribution in [1.29, 1.82) is 0 Å². The lowest BCUT2D eigenvalue weighted by Crippen LogP contribution is -2.05. The molecule has 0 aliphatic carbocycles. The molecule has 0 bridgehead atoms. The van der Waals surface area contributed by atoms with Gasteiger partial charge >= 0.3 is 0 Å². The fourth-order valence-corrected chi connectivity index (χ4v) is 2.37. The minimum Gasteiger partial charge on any atom is -0.493 e. The van der Waals surface area contributed by atoms with Gasteiger partial charge in [-0.15, -0.1) is 0 Å². The van der Waals surface area contributed by atoms with Gasteiger partial charge in [-0.1, -0.05) is 24.3 Å². The Balaban J connectivity index is 2.58. The van der Waals surface area contributed by atoms with Crippen LogP contribution in [0.1, 0.15) is 11.1 Å². The molecule has 0 saturated carbocycles. The molecule has 2 rings (SSSR count). The van der Waals surface area contributed by atoms with Crippen LogP contribution in [0.5, 0.6) is 11.5 Å². The van der Waals surface area contributed by atoms with Crippen molar-refractivity contribution in [2.24, 2.45) is 0 Å². The second-order valence-electron chi connectivity index (χ2n) is 4.72. The van der Waals surface area contributed by atoms with Gasteiger partial charge in [-0.3, -0.25) is 0 Å². The molecule has 2 aromatic rings. The molecule has 106 valence electrons. The highest BCUT2D eigenvalue weighted by atomic mass is 16.5. The summed E-state index contributed by atoms with van der Waals surface area (Å²) in [4.78, 5) is 0. The molecule has 0 saturated heterocycles. The molecule has 0 radical (unpaired) electrons. The summed E-state index contributed by atoms with van der Waals surface area (Å²) in [6.07, 6.45) is 0. The van der Waals surface area contributed by atoms with Crippen LogP contribution in [0.4, 0.5) is 0 Å². The first kappa shape index (κ1) is 14.4. The Kier molecular flexibility index (Phi) is 4.64. The van der Waals surface area contributed by atoms with Crippen molar-refractivity contribution >= 4 is 0 Å². The molecule has 0 aliphatic rings. The minimum absolute atomic E-state index is 0.753. The maximum atomic E-state index is 5.54. The molecule has 0 aromatic heterocycles. The predicted octanol–water partition coefficient (Wildman–Crippen LogP) is 3.40. The first-order valence-corrected chi connectivity index (χ1v) is 6.66. The van der Waals surface area contributed by atoms with Gasteiger partial charge in [-0.25, -0.2) is 0 Å². The highest BCUT2D eigenvalue weighted by Crippen LogP contribution is 2.39. The first-order valence-electron chi connectivity index (χ1n) is 6.66. The quantitative estimate of drug-likeness (QED) is 0.904. The van der Waals surface area contributed by atoms with Crippen LogP contribution in [0.25, 0.3) is 11.1 Å². The van der Waals surface area contributed by atoms with E-state index in [-0.39, 0.29) is 0 Å². The number of hydrogen-bond acceptors (Lipinski definition) is 3. The van der Waals surface area contributed by atoms with Gasteiger partial charge in [0.25, 0.3) is 0 Å². The largest absolute Gasteiger partial charge is 0.493 e. The van der Waals surface area contributed by atoms with Crippen molar-refractivity contribution < 1.29 is 9.47 Å². The third-order valence-corrected chi connectivity index (χ3v) is 3.38. The third-order valence-electron chi connectivity index (χ3n) is 3.38. The zero-order valence-corrected chi connectivity index (χ0v) is 12.5. The summed E-state index contributed by atoms with van der Waals surface area (Å²) in [5.41, 5.74) is 4.70. The van der Waals surface area contributed by atoms with Crippen LogP contribution in [0.2, 0.25) is 0 Å². The van der Waals surface area contributed by atoms with Crippen molar-refractivity contribution in [2.75, 3.05) is 21.3 Å². The van der Waals surface area contributed by atoms with Crippen LogP contribution >= 0.6 is 0 Å². The number of methoxy groups -OCH3 is 2. The standard InChI is InChI=1S/C17H21NO2/c1-12-8-9-13(11-18-2)10-15(12)14-6-5-7-16(19-3)17(14)20-4/h5-10,18H,11H2,1-4H3. The van der Waals surface area contributed by atoms with E-state index in [2.05, 4.69) is 36.5 Å². The highest BCUT2D eigenvalue weighted by Gasteiger charge is 2.13. The molecular weight excluding hydrogens is 250 g/mol. The summed E-state index contributed by atoms with van der Waals surface area (Å²) < 4.78 is 10.9. The van der Waals surface area contributed by atoms with Crippen LogP contribution in [-0.4, -0.2) is 21.3 Å². The van der Waals surface area contributed by atoms with Crippen molar-refractivity contribution in [2.45, 2.75) is 13.5 Å². The summed E-state index contributed by atoms with van der Waals surface area (Å²) in [5, 5.41) is 3.18. The summed E-state index contributed by atoms with van der Waals surface area (Å²) in [7, 11) is 5.28. The van der Waals surface area contributed by atoms with Gasteiger partial charge in [-0.2, -0.15) is 0 Å². The van der Waals surface area contributed by atoms with E-state index in [9.17, 15) is 0 Å². The molecule has 0 amide bonds. The van der Waals surface area contributed by atoms with Gasteiger partial charge in [0.2, 0.25) is 0 Å². The molecule has 20 heavy (non-hydrogen) atoms. The van der Waals surface area contributed by atoms with Gasteiger partial charge in [0.05, 0.1) is 14.2 Å². The van der Waals surface area contributed by atoms with E-state index in [0.29, 0.717) is 0 Å². The van der Waals surface area contributed by atoms with Crippen molar-refractivity contribution in [3.05, 3.63) is 47.5 Å².